The Morgan fingerprint density at radius 3 is 2.59 bits per heavy atom. The van der Waals surface area contributed by atoms with E-state index in [0.29, 0.717) is 18.9 Å². The van der Waals surface area contributed by atoms with Crippen LogP contribution in [0.25, 0.3) is 5.82 Å². The van der Waals surface area contributed by atoms with Crippen LogP contribution in [0.2, 0.25) is 0 Å². The number of piperazine rings is 1. The molecule has 8 heteroatoms. The summed E-state index contributed by atoms with van der Waals surface area (Å²) in [4.78, 5) is 28.2. The van der Waals surface area contributed by atoms with Crippen molar-refractivity contribution in [3.05, 3.63) is 37.2 Å². The normalized spacial score (nSPS) is 15.5. The lowest BCUT2D eigenvalue weighted by atomic mass is 10.3. The Morgan fingerprint density at radius 1 is 1.14 bits per heavy atom. The third kappa shape index (κ3) is 2.95. The van der Waals surface area contributed by atoms with Crippen LogP contribution in [-0.4, -0.2) is 61.7 Å². The van der Waals surface area contributed by atoms with Crippen LogP contribution in [0.5, 0.6) is 0 Å². The maximum atomic E-state index is 11.8. The lowest BCUT2D eigenvalue weighted by molar-refractivity contribution is -0.126. The van der Waals surface area contributed by atoms with E-state index < -0.39 is 0 Å². The molecule has 3 heterocycles. The summed E-state index contributed by atoms with van der Waals surface area (Å²) < 4.78 is 1.59. The average molecular weight is 299 g/mol. The van der Waals surface area contributed by atoms with Crippen LogP contribution < -0.4 is 4.90 Å². The number of rotatable bonds is 3. The van der Waals surface area contributed by atoms with Gasteiger partial charge in [0.25, 0.3) is 0 Å². The highest BCUT2D eigenvalue weighted by Gasteiger charge is 2.20. The molecule has 0 aliphatic carbocycles. The summed E-state index contributed by atoms with van der Waals surface area (Å²) in [6.45, 7) is 4.71. The molecule has 0 atom stereocenters. The van der Waals surface area contributed by atoms with Gasteiger partial charge in [-0.2, -0.15) is 5.10 Å². The van der Waals surface area contributed by atoms with Gasteiger partial charge < -0.3 is 9.80 Å². The van der Waals surface area contributed by atoms with E-state index in [4.69, 9.17) is 0 Å². The quantitative estimate of drug-likeness (QED) is 0.758. The molecular formula is C14H17N7O. The van der Waals surface area contributed by atoms with Crippen LogP contribution in [0.15, 0.2) is 37.2 Å². The largest absolute Gasteiger partial charge is 0.353 e. The van der Waals surface area contributed by atoms with Crippen molar-refractivity contribution in [2.75, 3.05) is 31.1 Å². The number of hydrogen-bond donors (Lipinski definition) is 0. The van der Waals surface area contributed by atoms with Gasteiger partial charge in [0.15, 0.2) is 5.82 Å². The Labute approximate surface area is 128 Å². The third-order valence-corrected chi connectivity index (χ3v) is 3.52. The second-order valence-electron chi connectivity index (χ2n) is 4.89. The van der Waals surface area contributed by atoms with E-state index in [1.54, 1.807) is 23.2 Å². The van der Waals surface area contributed by atoms with Crippen molar-refractivity contribution in [3.63, 3.8) is 0 Å². The van der Waals surface area contributed by atoms with Crippen LogP contribution in [0.3, 0.4) is 0 Å². The van der Waals surface area contributed by atoms with E-state index in [1.807, 2.05) is 17.9 Å². The van der Waals surface area contributed by atoms with Gasteiger partial charge in [0.2, 0.25) is 5.91 Å². The van der Waals surface area contributed by atoms with Gasteiger partial charge in [0.05, 0.1) is 0 Å². The molecule has 1 amide bonds. The Hall–Kier alpha value is -2.77. The molecule has 3 rings (SSSR count). The molecule has 8 nitrogen and oxygen atoms in total. The summed E-state index contributed by atoms with van der Waals surface area (Å²) in [5, 5.41) is 4.06. The highest BCUT2D eigenvalue weighted by atomic mass is 16.2. The third-order valence-electron chi connectivity index (χ3n) is 3.52. The summed E-state index contributed by atoms with van der Waals surface area (Å²) in [5.74, 6) is 1.57. The molecule has 2 aromatic heterocycles. The summed E-state index contributed by atoms with van der Waals surface area (Å²) in [6, 6.07) is 1.87. The second-order valence-corrected chi connectivity index (χ2v) is 4.89. The number of nitrogens with zero attached hydrogens (tertiary/aromatic N) is 7. The van der Waals surface area contributed by atoms with Crippen LogP contribution in [0, 0.1) is 0 Å². The second kappa shape index (κ2) is 6.33. The minimum absolute atomic E-state index is 0.0631. The van der Waals surface area contributed by atoms with Crippen LogP contribution in [0.4, 0.5) is 5.82 Å². The predicted molar refractivity (Wildman–Crippen MR) is 80.6 cm³/mol. The van der Waals surface area contributed by atoms with E-state index in [-0.39, 0.29) is 5.91 Å². The summed E-state index contributed by atoms with van der Waals surface area (Å²) in [6.07, 6.45) is 7.95. The average Bonchev–Trinajstić information content (AvgIpc) is 3.10. The summed E-state index contributed by atoms with van der Waals surface area (Å²) in [7, 11) is 0. The number of anilines is 1. The van der Waals surface area contributed by atoms with Gasteiger partial charge in [-0.1, -0.05) is 6.08 Å². The fraction of sp³-hybridized carbons (Fsp3) is 0.357. The van der Waals surface area contributed by atoms with Crippen LogP contribution in [0.1, 0.15) is 6.92 Å². The van der Waals surface area contributed by atoms with Crippen molar-refractivity contribution in [1.82, 2.24) is 29.6 Å². The lowest BCUT2D eigenvalue weighted by Crippen LogP contribution is -2.48. The Kier molecular flexibility index (Phi) is 4.08. The minimum Gasteiger partial charge on any atom is -0.353 e. The molecule has 0 radical (unpaired) electrons. The van der Waals surface area contributed by atoms with Gasteiger partial charge in [-0.05, 0) is 13.0 Å². The van der Waals surface area contributed by atoms with Crippen molar-refractivity contribution in [3.8, 4) is 5.82 Å². The van der Waals surface area contributed by atoms with Crippen molar-refractivity contribution in [2.45, 2.75) is 6.92 Å². The number of hydrogen-bond acceptors (Lipinski definition) is 6. The van der Waals surface area contributed by atoms with Gasteiger partial charge in [-0.25, -0.2) is 19.6 Å². The molecule has 0 N–H and O–H groups in total. The number of aromatic nitrogens is 5. The molecule has 22 heavy (non-hydrogen) atoms. The van der Waals surface area contributed by atoms with Gasteiger partial charge in [0, 0.05) is 32.2 Å². The maximum Gasteiger partial charge on any atom is 0.246 e. The Morgan fingerprint density at radius 2 is 1.91 bits per heavy atom. The number of carbonyl (C=O) groups is 1. The molecule has 2 aromatic rings. The molecule has 0 saturated carbocycles. The first-order valence-corrected chi connectivity index (χ1v) is 7.11. The molecule has 1 aliphatic rings. The van der Waals surface area contributed by atoms with Gasteiger partial charge in [-0.15, -0.1) is 0 Å². The van der Waals surface area contributed by atoms with Gasteiger partial charge in [0.1, 0.15) is 24.8 Å². The molecule has 1 fully saturated rings. The smallest absolute Gasteiger partial charge is 0.246 e. The van der Waals surface area contributed by atoms with Crippen molar-refractivity contribution in [2.24, 2.45) is 0 Å². The zero-order valence-electron chi connectivity index (χ0n) is 12.3. The first-order chi connectivity index (χ1) is 10.8. The molecular weight excluding hydrogens is 282 g/mol. The summed E-state index contributed by atoms with van der Waals surface area (Å²) >= 11 is 0. The fourth-order valence-electron chi connectivity index (χ4n) is 2.37. The SMILES string of the molecule is C/C=C/C(=O)N1CCN(c2cc(-n3cncn3)ncn2)CC1. The molecule has 0 spiro atoms. The molecule has 1 saturated heterocycles. The molecule has 1 aliphatic heterocycles. The first-order valence-electron chi connectivity index (χ1n) is 7.11. The summed E-state index contributed by atoms with van der Waals surface area (Å²) in [5.41, 5.74) is 0. The Bertz CT molecular complexity index is 660. The van der Waals surface area contributed by atoms with Crippen molar-refractivity contribution >= 4 is 11.7 Å². The zero-order valence-corrected chi connectivity index (χ0v) is 12.3. The topological polar surface area (TPSA) is 80.0 Å². The first kappa shape index (κ1) is 14.2. The fourth-order valence-corrected chi connectivity index (χ4v) is 2.37. The predicted octanol–water partition coefficient (Wildman–Crippen LogP) is 0.282. The molecule has 114 valence electrons. The molecule has 0 aromatic carbocycles. The number of allylic oxidation sites excluding steroid dienone is 1. The van der Waals surface area contributed by atoms with Gasteiger partial charge in [-0.3, -0.25) is 4.79 Å². The van der Waals surface area contributed by atoms with E-state index >= 15 is 0 Å². The standard InChI is InChI=1S/C14H17N7O/c1-2-3-14(22)20-6-4-19(5-7-20)12-8-13(17-10-16-12)21-11-15-9-18-21/h2-3,8-11H,4-7H2,1H3/b3-2+. The highest BCUT2D eigenvalue weighted by Crippen LogP contribution is 2.15. The Balaban J connectivity index is 1.69. The molecule has 0 unspecified atom stereocenters. The van der Waals surface area contributed by atoms with E-state index in [2.05, 4.69) is 25.0 Å². The maximum absolute atomic E-state index is 11.8. The van der Waals surface area contributed by atoms with Crippen LogP contribution >= 0.6 is 0 Å². The zero-order chi connectivity index (χ0) is 15.4. The lowest BCUT2D eigenvalue weighted by Gasteiger charge is -2.34. The van der Waals surface area contributed by atoms with Gasteiger partial charge >= 0.3 is 0 Å². The van der Waals surface area contributed by atoms with E-state index in [9.17, 15) is 4.79 Å². The van der Waals surface area contributed by atoms with Crippen molar-refractivity contribution < 1.29 is 4.79 Å². The number of carbonyl (C=O) groups excluding carboxylic acids is 1. The number of amides is 1. The molecule has 0 bridgehead atoms. The van der Waals surface area contributed by atoms with E-state index in [0.717, 1.165) is 18.9 Å². The monoisotopic (exact) mass is 299 g/mol. The van der Waals surface area contributed by atoms with Crippen LogP contribution in [-0.2, 0) is 4.79 Å². The minimum atomic E-state index is 0.0631. The van der Waals surface area contributed by atoms with Crippen molar-refractivity contribution in [1.29, 1.82) is 0 Å². The van der Waals surface area contributed by atoms with E-state index in [1.165, 1.54) is 12.7 Å². The highest BCUT2D eigenvalue weighted by molar-refractivity contribution is 5.87.